The normalized spacial score (nSPS) is 13.9. The molecule has 0 atom stereocenters. The van der Waals surface area contributed by atoms with Crippen LogP contribution in [0.4, 0.5) is 28.9 Å². The second-order valence-corrected chi connectivity index (χ2v) is 7.56. The fraction of sp³-hybridized carbons (Fsp3) is 0.182. The van der Waals surface area contributed by atoms with Gasteiger partial charge in [-0.3, -0.25) is 4.90 Å². The first-order valence-electron chi connectivity index (χ1n) is 9.95. The van der Waals surface area contributed by atoms with E-state index < -0.39 is 47.4 Å². The first-order valence-corrected chi connectivity index (χ1v) is 10.3. The molecule has 1 aliphatic rings. The van der Waals surface area contributed by atoms with Crippen molar-refractivity contribution in [3.63, 3.8) is 0 Å². The summed E-state index contributed by atoms with van der Waals surface area (Å²) in [6.45, 7) is 1.83. The van der Waals surface area contributed by atoms with Crippen LogP contribution in [-0.2, 0) is 15.7 Å². The molecule has 0 aliphatic carbocycles. The average Bonchev–Trinajstić information content (AvgIpc) is 3.38. The predicted molar refractivity (Wildman–Crippen MR) is 117 cm³/mol. The molecular weight excluding hydrogens is 480 g/mol. The van der Waals surface area contributed by atoms with E-state index in [9.17, 15) is 27.5 Å². The van der Waals surface area contributed by atoms with Crippen LogP contribution in [0.5, 0.6) is 0 Å². The summed E-state index contributed by atoms with van der Waals surface area (Å²) < 4.78 is 63.1. The maximum atomic E-state index is 14.5. The molecule has 3 aromatic rings. The zero-order chi connectivity index (χ0) is 24.6. The van der Waals surface area contributed by atoms with Gasteiger partial charge in [0.25, 0.3) is 0 Å². The van der Waals surface area contributed by atoms with Crippen molar-refractivity contribution < 1.29 is 32.2 Å². The first-order chi connectivity index (χ1) is 16.1. The van der Waals surface area contributed by atoms with Crippen LogP contribution in [0.2, 0.25) is 5.02 Å². The molecule has 0 fully saturated rings. The summed E-state index contributed by atoms with van der Waals surface area (Å²) >= 11 is 6.05. The molecule has 1 aliphatic heterocycles. The number of carboxylic acids is 1. The van der Waals surface area contributed by atoms with E-state index in [2.05, 4.69) is 10.4 Å². The van der Waals surface area contributed by atoms with Gasteiger partial charge < -0.3 is 15.2 Å². The topological polar surface area (TPSA) is 79.6 Å². The van der Waals surface area contributed by atoms with Gasteiger partial charge in [0, 0.05) is 12.2 Å². The molecule has 2 heterocycles. The van der Waals surface area contributed by atoms with Crippen molar-refractivity contribution in [2.24, 2.45) is 0 Å². The van der Waals surface area contributed by atoms with Gasteiger partial charge in [0.2, 0.25) is 0 Å². The van der Waals surface area contributed by atoms with Gasteiger partial charge in [-0.05, 0) is 37.3 Å². The maximum absolute atomic E-state index is 14.5. The summed E-state index contributed by atoms with van der Waals surface area (Å²) in [5.41, 5.74) is -2.19. The minimum absolute atomic E-state index is 0.0986. The molecule has 178 valence electrons. The number of hydrogen-bond acceptors (Lipinski definition) is 5. The lowest BCUT2D eigenvalue weighted by molar-refractivity contribution is -0.143. The maximum Gasteiger partial charge on any atom is 0.434 e. The second-order valence-electron chi connectivity index (χ2n) is 7.15. The number of nitrogens with one attached hydrogen (secondary N) is 1. The molecule has 34 heavy (non-hydrogen) atoms. The molecule has 2 N–H and O–H groups in total. The van der Waals surface area contributed by atoms with Gasteiger partial charge >= 0.3 is 12.1 Å². The van der Waals surface area contributed by atoms with Crippen molar-refractivity contribution >= 4 is 34.7 Å². The number of rotatable bonds is 6. The molecule has 7 nitrogen and oxygen atoms in total. The highest BCUT2D eigenvalue weighted by atomic mass is 35.5. The Kier molecular flexibility index (Phi) is 6.13. The third kappa shape index (κ3) is 4.14. The van der Waals surface area contributed by atoms with Crippen molar-refractivity contribution in [1.29, 1.82) is 0 Å². The summed E-state index contributed by atoms with van der Waals surface area (Å²) in [6, 6.07) is 9.85. The molecule has 0 saturated heterocycles. The third-order valence-electron chi connectivity index (χ3n) is 4.99. The molecule has 0 amide bonds. The van der Waals surface area contributed by atoms with E-state index in [1.165, 1.54) is 24.3 Å². The monoisotopic (exact) mass is 496 g/mol. The number of aromatic nitrogens is 2. The average molecular weight is 497 g/mol. The van der Waals surface area contributed by atoms with E-state index in [-0.39, 0.29) is 16.4 Å². The minimum Gasteiger partial charge on any atom is -0.476 e. The standard InChI is InChI=1S/C22H17ClF4N4O3/c1-2-28-12-5-3-6-13(9-12)31-20(22(25,26)27)14(10-29-31)19-18(21(32)33)30(11-34-19)17-15(23)7-4-8-16(17)24/h3-10,28H,2,11H2,1H3,(H,32,33). The van der Waals surface area contributed by atoms with Crippen LogP contribution in [0.3, 0.4) is 0 Å². The van der Waals surface area contributed by atoms with Crippen molar-refractivity contribution in [2.75, 3.05) is 23.5 Å². The number of alkyl halides is 3. The molecule has 0 bridgehead atoms. The lowest BCUT2D eigenvalue weighted by atomic mass is 10.1. The number of carboxylic acid groups (broad SMARTS) is 1. The number of halogens is 5. The van der Waals surface area contributed by atoms with Crippen molar-refractivity contribution in [1.82, 2.24) is 9.78 Å². The number of hydrogen-bond donors (Lipinski definition) is 2. The fourth-order valence-corrected chi connectivity index (χ4v) is 3.93. The van der Waals surface area contributed by atoms with Gasteiger partial charge in [-0.2, -0.15) is 18.3 Å². The van der Waals surface area contributed by atoms with E-state index in [0.717, 1.165) is 17.2 Å². The summed E-state index contributed by atoms with van der Waals surface area (Å²) in [6.07, 6.45) is -4.06. The Labute approximate surface area is 195 Å². The van der Waals surface area contributed by atoms with E-state index in [1.54, 1.807) is 12.1 Å². The highest BCUT2D eigenvalue weighted by Gasteiger charge is 2.43. The fourth-order valence-electron chi connectivity index (χ4n) is 3.66. The van der Waals surface area contributed by atoms with Crippen molar-refractivity contribution in [2.45, 2.75) is 13.1 Å². The summed E-state index contributed by atoms with van der Waals surface area (Å²) in [7, 11) is 0. The van der Waals surface area contributed by atoms with E-state index in [1.807, 2.05) is 6.92 Å². The summed E-state index contributed by atoms with van der Waals surface area (Å²) in [4.78, 5) is 13.0. The van der Waals surface area contributed by atoms with Crippen molar-refractivity contribution in [3.05, 3.63) is 76.5 Å². The predicted octanol–water partition coefficient (Wildman–Crippen LogP) is 5.36. The summed E-state index contributed by atoms with van der Waals surface area (Å²) in [5.74, 6) is -3.09. The highest BCUT2D eigenvalue weighted by Crippen LogP contribution is 2.42. The zero-order valence-electron chi connectivity index (χ0n) is 17.5. The molecule has 0 unspecified atom stereocenters. The Morgan fingerprint density at radius 3 is 2.65 bits per heavy atom. The first kappa shape index (κ1) is 23.4. The second kappa shape index (κ2) is 8.90. The van der Waals surface area contributed by atoms with Gasteiger partial charge in [0.1, 0.15) is 5.82 Å². The number of ether oxygens (including phenoxy) is 1. The molecule has 2 aromatic carbocycles. The molecule has 0 spiro atoms. The summed E-state index contributed by atoms with van der Waals surface area (Å²) in [5, 5.41) is 16.6. The SMILES string of the molecule is CCNc1cccc(-n2ncc(C3=C(C(=O)O)N(c4c(F)cccc4Cl)CO3)c2C(F)(F)F)c1. The van der Waals surface area contributed by atoms with Gasteiger partial charge in [0.05, 0.1) is 28.2 Å². The number of para-hydroxylation sites is 1. The number of aliphatic carboxylic acids is 1. The number of benzene rings is 2. The van der Waals surface area contributed by atoms with Crippen LogP contribution in [0.1, 0.15) is 18.2 Å². The Morgan fingerprint density at radius 1 is 1.26 bits per heavy atom. The smallest absolute Gasteiger partial charge is 0.434 e. The zero-order valence-corrected chi connectivity index (χ0v) is 18.3. The van der Waals surface area contributed by atoms with Gasteiger partial charge in [-0.25, -0.2) is 13.9 Å². The molecular formula is C22H17ClF4N4O3. The van der Waals surface area contributed by atoms with Gasteiger partial charge in [0.15, 0.2) is 23.9 Å². The number of nitrogens with zero attached hydrogens (tertiary/aromatic N) is 3. The molecule has 1 aromatic heterocycles. The number of anilines is 2. The van der Waals surface area contributed by atoms with Crippen LogP contribution < -0.4 is 10.2 Å². The van der Waals surface area contributed by atoms with Gasteiger partial charge in [-0.1, -0.05) is 23.7 Å². The van der Waals surface area contributed by atoms with Crippen LogP contribution in [0.25, 0.3) is 11.4 Å². The van der Waals surface area contributed by atoms with Gasteiger partial charge in [-0.15, -0.1) is 0 Å². The van der Waals surface area contributed by atoms with Crippen LogP contribution in [-0.4, -0.2) is 34.1 Å². The van der Waals surface area contributed by atoms with E-state index >= 15 is 0 Å². The van der Waals surface area contributed by atoms with E-state index in [0.29, 0.717) is 16.9 Å². The minimum atomic E-state index is -4.93. The van der Waals surface area contributed by atoms with Crippen LogP contribution in [0, 0.1) is 5.82 Å². The Bertz CT molecular complexity index is 1270. The Balaban J connectivity index is 1.91. The molecule has 0 radical (unpaired) electrons. The quantitative estimate of drug-likeness (QED) is 0.447. The van der Waals surface area contributed by atoms with Crippen LogP contribution >= 0.6 is 11.6 Å². The molecule has 12 heteroatoms. The Morgan fingerprint density at radius 2 is 2.00 bits per heavy atom. The highest BCUT2D eigenvalue weighted by molar-refractivity contribution is 6.33. The lowest BCUT2D eigenvalue weighted by Crippen LogP contribution is -2.25. The molecule has 4 rings (SSSR count). The molecule has 0 saturated carbocycles. The number of carbonyl (C=O) groups is 1. The third-order valence-corrected chi connectivity index (χ3v) is 5.29. The lowest BCUT2D eigenvalue weighted by Gasteiger charge is -2.19. The van der Waals surface area contributed by atoms with Crippen molar-refractivity contribution in [3.8, 4) is 5.69 Å². The van der Waals surface area contributed by atoms with E-state index in [4.69, 9.17) is 16.3 Å². The Hall–Kier alpha value is -3.73. The van der Waals surface area contributed by atoms with Crippen LogP contribution in [0.15, 0.2) is 54.4 Å². The largest absolute Gasteiger partial charge is 0.476 e.